The molecule has 1 unspecified atom stereocenters. The molecule has 0 aliphatic heterocycles. The molecule has 0 bridgehead atoms. The summed E-state index contributed by atoms with van der Waals surface area (Å²) in [6.45, 7) is 10.3. The number of alkyl halides is 3. The van der Waals surface area contributed by atoms with E-state index in [-0.39, 0.29) is 32.7 Å². The highest BCUT2D eigenvalue weighted by molar-refractivity contribution is 4.95. The van der Waals surface area contributed by atoms with Crippen LogP contribution in [-0.2, 0) is 14.2 Å². The Labute approximate surface area is 189 Å². The molecule has 0 heterocycles. The summed E-state index contributed by atoms with van der Waals surface area (Å²) in [5, 5.41) is 0. The second-order valence-corrected chi connectivity index (χ2v) is 8.61. The summed E-state index contributed by atoms with van der Waals surface area (Å²) in [4.78, 5) is 0. The van der Waals surface area contributed by atoms with E-state index in [9.17, 15) is 13.2 Å². The van der Waals surface area contributed by atoms with E-state index in [2.05, 4.69) is 6.92 Å². The highest BCUT2D eigenvalue weighted by Crippen LogP contribution is 2.55. The molecule has 0 spiro atoms. The van der Waals surface area contributed by atoms with Crippen LogP contribution < -0.4 is 0 Å². The Balaban J connectivity index is 5.90. The standard InChI is InChI=1S/C25H49F3O3/c1-6-11-15-16-17-18-19-23(10-5,24(26,27)28)25(29-20-12-7-2,30-21-13-8-3)31-22-14-9-4/h6-22H2,1-5H3. The third kappa shape index (κ3) is 10.00. The zero-order chi connectivity index (χ0) is 23.6. The first kappa shape index (κ1) is 30.7. The minimum Gasteiger partial charge on any atom is -0.327 e. The molecule has 1 atom stereocenters. The SMILES string of the molecule is CCCCCCCCC(CC)(C(F)(F)F)C(OCCCC)(OCCCC)OCCCC. The van der Waals surface area contributed by atoms with E-state index in [1.54, 1.807) is 6.92 Å². The van der Waals surface area contributed by atoms with Crippen molar-refractivity contribution in [1.29, 1.82) is 0 Å². The Hall–Kier alpha value is -0.330. The summed E-state index contributed by atoms with van der Waals surface area (Å²) in [6, 6.07) is 0. The molecule has 3 nitrogen and oxygen atoms in total. The molecule has 0 aromatic carbocycles. The van der Waals surface area contributed by atoms with E-state index >= 15 is 0 Å². The molecule has 0 saturated heterocycles. The molecule has 0 saturated carbocycles. The van der Waals surface area contributed by atoms with Crippen LogP contribution in [0.3, 0.4) is 0 Å². The number of rotatable bonds is 21. The van der Waals surface area contributed by atoms with Gasteiger partial charge in [-0.25, -0.2) is 0 Å². The maximum absolute atomic E-state index is 14.8. The van der Waals surface area contributed by atoms with E-state index in [0.717, 1.165) is 51.4 Å². The molecule has 0 N–H and O–H groups in total. The van der Waals surface area contributed by atoms with Gasteiger partial charge in [0.25, 0.3) is 5.97 Å². The largest absolute Gasteiger partial charge is 0.402 e. The van der Waals surface area contributed by atoms with Crippen molar-refractivity contribution in [2.24, 2.45) is 5.41 Å². The molecule has 188 valence electrons. The van der Waals surface area contributed by atoms with Crippen molar-refractivity contribution >= 4 is 0 Å². The molecule has 0 fully saturated rings. The first-order chi connectivity index (χ1) is 14.8. The third-order valence-corrected chi connectivity index (χ3v) is 6.06. The maximum Gasteiger partial charge on any atom is 0.402 e. The second-order valence-electron chi connectivity index (χ2n) is 8.61. The highest BCUT2D eigenvalue weighted by atomic mass is 19.4. The summed E-state index contributed by atoms with van der Waals surface area (Å²) in [7, 11) is 0. The van der Waals surface area contributed by atoms with E-state index in [0.29, 0.717) is 25.7 Å². The molecular weight excluding hydrogens is 405 g/mol. The molecule has 0 aromatic heterocycles. The Bertz CT molecular complexity index is 389. The third-order valence-electron chi connectivity index (χ3n) is 6.06. The van der Waals surface area contributed by atoms with Gasteiger partial charge in [0.2, 0.25) is 0 Å². The van der Waals surface area contributed by atoms with Crippen molar-refractivity contribution in [1.82, 2.24) is 0 Å². The molecule has 0 amide bonds. The second kappa shape index (κ2) is 17.2. The summed E-state index contributed by atoms with van der Waals surface area (Å²) in [5.41, 5.74) is -2.18. The van der Waals surface area contributed by atoms with E-state index in [1.807, 2.05) is 20.8 Å². The van der Waals surface area contributed by atoms with Gasteiger partial charge in [0.1, 0.15) is 5.41 Å². The minimum absolute atomic E-state index is 0.0382. The predicted octanol–water partition coefficient (Wildman–Crippen LogP) is 8.80. The fourth-order valence-electron chi connectivity index (χ4n) is 3.86. The topological polar surface area (TPSA) is 27.7 Å². The smallest absolute Gasteiger partial charge is 0.327 e. The van der Waals surface area contributed by atoms with Crippen molar-refractivity contribution in [3.63, 3.8) is 0 Å². The van der Waals surface area contributed by atoms with Crippen LogP contribution in [0.5, 0.6) is 0 Å². The van der Waals surface area contributed by atoms with Crippen molar-refractivity contribution < 1.29 is 27.4 Å². The zero-order valence-electron chi connectivity index (χ0n) is 20.9. The van der Waals surface area contributed by atoms with Crippen molar-refractivity contribution in [3.05, 3.63) is 0 Å². The van der Waals surface area contributed by atoms with Crippen molar-refractivity contribution in [2.75, 3.05) is 19.8 Å². The minimum atomic E-state index is -4.49. The first-order valence-corrected chi connectivity index (χ1v) is 12.8. The van der Waals surface area contributed by atoms with Crippen LogP contribution in [-0.4, -0.2) is 32.0 Å². The monoisotopic (exact) mass is 454 g/mol. The van der Waals surface area contributed by atoms with E-state index in [4.69, 9.17) is 14.2 Å². The normalized spacial score (nSPS) is 14.7. The Morgan fingerprint density at radius 1 is 0.516 bits per heavy atom. The van der Waals surface area contributed by atoms with Gasteiger partial charge >= 0.3 is 6.18 Å². The number of halogens is 3. The molecule has 0 aromatic rings. The van der Waals surface area contributed by atoms with Gasteiger partial charge in [0.05, 0.1) is 19.8 Å². The summed E-state index contributed by atoms with van der Waals surface area (Å²) in [5.74, 6) is -2.08. The van der Waals surface area contributed by atoms with E-state index < -0.39 is 17.6 Å². The number of hydrogen-bond donors (Lipinski definition) is 0. The van der Waals surface area contributed by atoms with Gasteiger partial charge in [0, 0.05) is 0 Å². The van der Waals surface area contributed by atoms with Gasteiger partial charge < -0.3 is 14.2 Å². The van der Waals surface area contributed by atoms with Gasteiger partial charge in [-0.3, -0.25) is 0 Å². The fraction of sp³-hybridized carbons (Fsp3) is 1.00. The molecule has 0 rings (SSSR count). The first-order valence-electron chi connectivity index (χ1n) is 12.8. The van der Waals surface area contributed by atoms with Crippen LogP contribution in [0, 0.1) is 5.41 Å². The average molecular weight is 455 g/mol. The van der Waals surface area contributed by atoms with Crippen LogP contribution in [0.4, 0.5) is 13.2 Å². The van der Waals surface area contributed by atoms with Gasteiger partial charge in [-0.1, -0.05) is 92.4 Å². The average Bonchev–Trinajstić information content (AvgIpc) is 2.72. The fourth-order valence-corrected chi connectivity index (χ4v) is 3.86. The molecular formula is C25H49F3O3. The van der Waals surface area contributed by atoms with Crippen LogP contribution in [0.2, 0.25) is 0 Å². The zero-order valence-corrected chi connectivity index (χ0v) is 20.9. The van der Waals surface area contributed by atoms with Gasteiger partial charge in [0.15, 0.2) is 0 Å². The van der Waals surface area contributed by atoms with Crippen LogP contribution >= 0.6 is 0 Å². The highest BCUT2D eigenvalue weighted by Gasteiger charge is 2.68. The van der Waals surface area contributed by atoms with Crippen molar-refractivity contribution in [3.8, 4) is 0 Å². The molecule has 0 aliphatic carbocycles. The molecule has 0 aliphatic rings. The predicted molar refractivity (Wildman–Crippen MR) is 122 cm³/mol. The Morgan fingerprint density at radius 2 is 0.903 bits per heavy atom. The number of ether oxygens (including phenoxy) is 3. The van der Waals surface area contributed by atoms with Gasteiger partial charge in [-0.2, -0.15) is 13.2 Å². The van der Waals surface area contributed by atoms with E-state index in [1.165, 1.54) is 0 Å². The maximum atomic E-state index is 14.8. The Kier molecular flexibility index (Phi) is 17.0. The number of unbranched alkanes of at least 4 members (excludes halogenated alkanes) is 8. The van der Waals surface area contributed by atoms with Crippen molar-refractivity contribution in [2.45, 2.75) is 137 Å². The van der Waals surface area contributed by atoms with Gasteiger partial charge in [-0.05, 0) is 32.1 Å². The quantitative estimate of drug-likeness (QED) is 0.128. The lowest BCUT2D eigenvalue weighted by Crippen LogP contribution is -2.61. The van der Waals surface area contributed by atoms with Gasteiger partial charge in [-0.15, -0.1) is 0 Å². The van der Waals surface area contributed by atoms with Crippen LogP contribution in [0.15, 0.2) is 0 Å². The lowest BCUT2D eigenvalue weighted by atomic mass is 9.76. The molecule has 0 radical (unpaired) electrons. The summed E-state index contributed by atoms with van der Waals surface area (Å²) < 4.78 is 62.3. The Morgan fingerprint density at radius 3 is 1.26 bits per heavy atom. The van der Waals surface area contributed by atoms with Crippen LogP contribution in [0.1, 0.15) is 125 Å². The molecule has 6 heteroatoms. The molecule has 31 heavy (non-hydrogen) atoms. The number of hydrogen-bond acceptors (Lipinski definition) is 3. The summed E-state index contributed by atoms with van der Waals surface area (Å²) in [6.07, 6.45) is 5.41. The summed E-state index contributed by atoms with van der Waals surface area (Å²) >= 11 is 0. The lowest BCUT2D eigenvalue weighted by molar-refractivity contribution is -0.473. The van der Waals surface area contributed by atoms with Crippen LogP contribution in [0.25, 0.3) is 0 Å². The lowest BCUT2D eigenvalue weighted by Gasteiger charge is -2.49.